The second-order valence-electron chi connectivity index (χ2n) is 5.83. The maximum Gasteiger partial charge on any atom is 0.239 e. The number of hydrogen-bond donors (Lipinski definition) is 1. The normalized spacial score (nSPS) is 21.8. The Bertz CT molecular complexity index is 436. The Morgan fingerprint density at radius 1 is 1.38 bits per heavy atom. The number of para-hydroxylation sites is 1. The number of carbonyl (C=O) groups is 1. The highest BCUT2D eigenvalue weighted by atomic mass is 16.5. The largest absolute Gasteiger partial charge is 0.494 e. The average molecular weight is 290 g/mol. The van der Waals surface area contributed by atoms with Crippen LogP contribution in [0.3, 0.4) is 0 Å². The molecule has 0 bridgehead atoms. The second-order valence-corrected chi connectivity index (χ2v) is 5.83. The molecule has 1 N–H and O–H groups in total. The number of nitrogens with zero attached hydrogens (tertiary/aromatic N) is 1. The van der Waals surface area contributed by atoms with E-state index in [9.17, 15) is 4.79 Å². The van der Waals surface area contributed by atoms with Gasteiger partial charge in [0.25, 0.3) is 0 Å². The Balaban J connectivity index is 1.69. The number of carbonyl (C=O) groups excluding carboxylic acids is 1. The van der Waals surface area contributed by atoms with Crippen LogP contribution >= 0.6 is 0 Å². The van der Waals surface area contributed by atoms with E-state index in [0.29, 0.717) is 12.5 Å². The first-order valence-electron chi connectivity index (χ1n) is 7.84. The molecule has 1 aromatic rings. The summed E-state index contributed by atoms with van der Waals surface area (Å²) in [5.74, 6) is 1.52. The summed E-state index contributed by atoms with van der Waals surface area (Å²) in [7, 11) is 1.88. The SMILES string of the molecule is CC1CCCNC1C(=O)N(C)CCCOc1ccccc1. The number of likely N-dealkylation sites (N-methyl/N-ethyl adjacent to an activating group) is 1. The molecular formula is C17H26N2O2. The fourth-order valence-electron chi connectivity index (χ4n) is 2.74. The van der Waals surface area contributed by atoms with Gasteiger partial charge in [0.2, 0.25) is 5.91 Å². The molecule has 116 valence electrons. The molecule has 1 amide bonds. The molecule has 2 unspecified atom stereocenters. The van der Waals surface area contributed by atoms with Gasteiger partial charge < -0.3 is 15.0 Å². The summed E-state index contributed by atoms with van der Waals surface area (Å²) >= 11 is 0. The van der Waals surface area contributed by atoms with Crippen LogP contribution in [0.4, 0.5) is 0 Å². The molecule has 21 heavy (non-hydrogen) atoms. The molecule has 1 aliphatic rings. The quantitative estimate of drug-likeness (QED) is 0.817. The third kappa shape index (κ3) is 4.74. The highest BCUT2D eigenvalue weighted by Gasteiger charge is 2.29. The summed E-state index contributed by atoms with van der Waals surface area (Å²) in [6.07, 6.45) is 3.15. The third-order valence-corrected chi connectivity index (χ3v) is 4.06. The van der Waals surface area contributed by atoms with Crippen molar-refractivity contribution in [3.05, 3.63) is 30.3 Å². The highest BCUT2D eigenvalue weighted by molar-refractivity contribution is 5.82. The van der Waals surface area contributed by atoms with Crippen LogP contribution in [0.25, 0.3) is 0 Å². The molecule has 2 atom stereocenters. The van der Waals surface area contributed by atoms with Gasteiger partial charge in [-0.3, -0.25) is 4.79 Å². The topological polar surface area (TPSA) is 41.6 Å². The molecular weight excluding hydrogens is 264 g/mol. The van der Waals surface area contributed by atoms with Crippen LogP contribution in [0.2, 0.25) is 0 Å². The van der Waals surface area contributed by atoms with Gasteiger partial charge in [-0.05, 0) is 43.9 Å². The lowest BCUT2D eigenvalue weighted by atomic mass is 9.92. The predicted octanol–water partition coefficient (Wildman–Crippen LogP) is 2.30. The average Bonchev–Trinajstić information content (AvgIpc) is 2.52. The number of nitrogens with one attached hydrogen (secondary N) is 1. The lowest BCUT2D eigenvalue weighted by Gasteiger charge is -2.32. The van der Waals surface area contributed by atoms with Gasteiger partial charge in [-0.2, -0.15) is 0 Å². The smallest absolute Gasteiger partial charge is 0.239 e. The summed E-state index contributed by atoms with van der Waals surface area (Å²) in [6, 6.07) is 9.77. The molecule has 1 fully saturated rings. The van der Waals surface area contributed by atoms with Gasteiger partial charge in [0.1, 0.15) is 5.75 Å². The molecule has 0 saturated carbocycles. The van der Waals surface area contributed by atoms with Crippen molar-refractivity contribution in [2.75, 3.05) is 26.7 Å². The zero-order valence-corrected chi connectivity index (χ0v) is 13.0. The zero-order chi connectivity index (χ0) is 15.1. The summed E-state index contributed by atoms with van der Waals surface area (Å²) in [4.78, 5) is 14.2. The third-order valence-electron chi connectivity index (χ3n) is 4.06. The number of ether oxygens (including phenoxy) is 1. The van der Waals surface area contributed by atoms with Gasteiger partial charge in [-0.1, -0.05) is 25.1 Å². The van der Waals surface area contributed by atoms with Gasteiger partial charge in [0, 0.05) is 13.6 Å². The van der Waals surface area contributed by atoms with Crippen molar-refractivity contribution < 1.29 is 9.53 Å². The van der Waals surface area contributed by atoms with Crippen LogP contribution in [-0.2, 0) is 4.79 Å². The molecule has 1 saturated heterocycles. The zero-order valence-electron chi connectivity index (χ0n) is 13.0. The van der Waals surface area contributed by atoms with Crippen LogP contribution in [0.15, 0.2) is 30.3 Å². The molecule has 0 spiro atoms. The second kappa shape index (κ2) is 8.03. The lowest BCUT2D eigenvalue weighted by Crippen LogP contribution is -2.51. The van der Waals surface area contributed by atoms with Gasteiger partial charge in [-0.15, -0.1) is 0 Å². The van der Waals surface area contributed by atoms with E-state index in [4.69, 9.17) is 4.74 Å². The summed E-state index contributed by atoms with van der Waals surface area (Å²) < 4.78 is 5.65. The van der Waals surface area contributed by atoms with Gasteiger partial charge in [-0.25, -0.2) is 0 Å². The van der Waals surface area contributed by atoms with Gasteiger partial charge >= 0.3 is 0 Å². The fourth-order valence-corrected chi connectivity index (χ4v) is 2.74. The Morgan fingerprint density at radius 3 is 2.86 bits per heavy atom. The molecule has 2 rings (SSSR count). The molecule has 1 heterocycles. The maximum atomic E-state index is 12.4. The van der Waals surface area contributed by atoms with Crippen molar-refractivity contribution in [3.8, 4) is 5.75 Å². The van der Waals surface area contributed by atoms with E-state index in [2.05, 4.69) is 12.2 Å². The van der Waals surface area contributed by atoms with E-state index in [1.165, 1.54) is 6.42 Å². The Labute approximate surface area is 127 Å². The standard InChI is InChI=1S/C17H26N2O2/c1-14-8-6-11-18-16(14)17(20)19(2)12-7-13-21-15-9-4-3-5-10-15/h3-5,9-10,14,16,18H,6-8,11-13H2,1-2H3. The molecule has 0 radical (unpaired) electrons. The lowest BCUT2D eigenvalue weighted by molar-refractivity contribution is -0.134. The number of amides is 1. The fraction of sp³-hybridized carbons (Fsp3) is 0.588. The van der Waals surface area contributed by atoms with Gasteiger partial charge in [0.15, 0.2) is 0 Å². The van der Waals surface area contributed by atoms with Crippen LogP contribution in [0.1, 0.15) is 26.2 Å². The van der Waals surface area contributed by atoms with E-state index >= 15 is 0 Å². The van der Waals surface area contributed by atoms with E-state index in [1.807, 2.05) is 42.3 Å². The van der Waals surface area contributed by atoms with E-state index in [0.717, 1.165) is 31.7 Å². The summed E-state index contributed by atoms with van der Waals surface area (Å²) in [5, 5.41) is 3.34. The Hall–Kier alpha value is -1.55. The molecule has 0 aliphatic carbocycles. The van der Waals surface area contributed by atoms with E-state index < -0.39 is 0 Å². The number of rotatable bonds is 6. The first kappa shape index (κ1) is 15.8. The van der Waals surface area contributed by atoms with Crippen LogP contribution in [-0.4, -0.2) is 43.6 Å². The Kier molecular flexibility index (Phi) is 6.05. The summed E-state index contributed by atoms with van der Waals surface area (Å²) in [5.41, 5.74) is 0. The van der Waals surface area contributed by atoms with Crippen LogP contribution in [0.5, 0.6) is 5.75 Å². The molecule has 1 aromatic carbocycles. The van der Waals surface area contributed by atoms with Crippen molar-refractivity contribution in [3.63, 3.8) is 0 Å². The minimum Gasteiger partial charge on any atom is -0.494 e. The monoisotopic (exact) mass is 290 g/mol. The van der Waals surface area contributed by atoms with Crippen molar-refractivity contribution in [1.82, 2.24) is 10.2 Å². The van der Waals surface area contributed by atoms with Crippen LogP contribution < -0.4 is 10.1 Å². The van der Waals surface area contributed by atoms with Crippen molar-refractivity contribution in [1.29, 1.82) is 0 Å². The minimum atomic E-state index is -0.0150. The van der Waals surface area contributed by atoms with E-state index in [1.54, 1.807) is 0 Å². The number of benzene rings is 1. The van der Waals surface area contributed by atoms with Crippen molar-refractivity contribution >= 4 is 5.91 Å². The van der Waals surface area contributed by atoms with Crippen LogP contribution in [0, 0.1) is 5.92 Å². The predicted molar refractivity (Wildman–Crippen MR) is 84.4 cm³/mol. The van der Waals surface area contributed by atoms with E-state index in [-0.39, 0.29) is 11.9 Å². The Morgan fingerprint density at radius 2 is 2.14 bits per heavy atom. The first-order chi connectivity index (χ1) is 10.2. The minimum absolute atomic E-state index is 0.0150. The van der Waals surface area contributed by atoms with Gasteiger partial charge in [0.05, 0.1) is 12.6 Å². The van der Waals surface area contributed by atoms with Crippen molar-refractivity contribution in [2.45, 2.75) is 32.2 Å². The highest BCUT2D eigenvalue weighted by Crippen LogP contribution is 2.17. The number of piperidine rings is 1. The number of hydrogen-bond acceptors (Lipinski definition) is 3. The molecule has 4 heteroatoms. The molecule has 0 aromatic heterocycles. The molecule has 4 nitrogen and oxygen atoms in total. The van der Waals surface area contributed by atoms with Crippen molar-refractivity contribution in [2.24, 2.45) is 5.92 Å². The summed E-state index contributed by atoms with van der Waals surface area (Å²) in [6.45, 7) is 4.47. The molecule has 1 aliphatic heterocycles. The first-order valence-corrected chi connectivity index (χ1v) is 7.84. The maximum absolute atomic E-state index is 12.4.